The fraction of sp³-hybridized carbons (Fsp3) is 0.143. The van der Waals surface area contributed by atoms with E-state index in [1.165, 1.54) is 0 Å². The van der Waals surface area contributed by atoms with Crippen LogP contribution in [0.15, 0.2) is 12.4 Å². The summed E-state index contributed by atoms with van der Waals surface area (Å²) in [5.41, 5.74) is 2.65. The molecule has 1 heterocycles. The molecule has 0 aliphatic heterocycles. The van der Waals surface area contributed by atoms with Gasteiger partial charge in [0.25, 0.3) is 0 Å². The van der Waals surface area contributed by atoms with Crippen LogP contribution in [0.3, 0.4) is 0 Å². The van der Waals surface area contributed by atoms with Crippen LogP contribution in [-0.4, -0.2) is 15.7 Å². The van der Waals surface area contributed by atoms with Crippen molar-refractivity contribution >= 4 is 11.8 Å². The Morgan fingerprint density at radius 2 is 2.40 bits per heavy atom. The van der Waals surface area contributed by atoms with E-state index in [0.717, 1.165) is 11.4 Å². The van der Waals surface area contributed by atoms with Gasteiger partial charge in [0.15, 0.2) is 0 Å². The van der Waals surface area contributed by atoms with Gasteiger partial charge in [-0.05, 0) is 12.2 Å². The van der Waals surface area contributed by atoms with Crippen molar-refractivity contribution in [3.8, 4) is 0 Å². The van der Waals surface area contributed by atoms with Gasteiger partial charge in [-0.25, -0.2) is 4.98 Å². The van der Waals surface area contributed by atoms with Crippen LogP contribution in [0.2, 0.25) is 0 Å². The predicted molar refractivity (Wildman–Crippen MR) is 39.1 cm³/mol. The van der Waals surface area contributed by atoms with Crippen molar-refractivity contribution < 1.29 is 0 Å². The molecular weight excluding hydrogens is 126 g/mol. The van der Waals surface area contributed by atoms with Gasteiger partial charge in [-0.1, -0.05) is 0 Å². The molecule has 10 heavy (non-hydrogen) atoms. The Balaban J connectivity index is 2.52. The molecule has 0 spiro atoms. The van der Waals surface area contributed by atoms with Gasteiger partial charge in [-0.3, -0.25) is 0 Å². The number of fused-ring (bicyclic) bond motifs is 1. The smallest absolute Gasteiger partial charge is 0.0929 e. The Bertz CT molecular complexity index is 296. The van der Waals surface area contributed by atoms with Crippen molar-refractivity contribution in [1.29, 1.82) is 5.41 Å². The van der Waals surface area contributed by atoms with E-state index < -0.39 is 0 Å². The summed E-state index contributed by atoms with van der Waals surface area (Å²) in [5.74, 6) is 0. The van der Waals surface area contributed by atoms with Crippen LogP contribution in [0.4, 0.5) is 0 Å². The zero-order chi connectivity index (χ0) is 6.97. The maximum Gasteiger partial charge on any atom is 0.0929 e. The molecule has 0 saturated carbocycles. The van der Waals surface area contributed by atoms with Gasteiger partial charge in [0, 0.05) is 17.8 Å². The van der Waals surface area contributed by atoms with Gasteiger partial charge < -0.3 is 10.4 Å². The molecule has 0 fully saturated rings. The van der Waals surface area contributed by atoms with Gasteiger partial charge in [0.05, 0.1) is 12.0 Å². The minimum Gasteiger partial charge on any atom is -0.348 e. The van der Waals surface area contributed by atoms with Crippen LogP contribution in [0.25, 0.3) is 6.08 Å². The second kappa shape index (κ2) is 1.80. The summed E-state index contributed by atoms with van der Waals surface area (Å²) in [4.78, 5) is 7.04. The normalized spacial score (nSPS) is 15.4. The molecule has 0 atom stereocenters. The topological polar surface area (TPSA) is 52.5 Å². The van der Waals surface area contributed by atoms with E-state index in [0.29, 0.717) is 12.1 Å². The zero-order valence-corrected chi connectivity index (χ0v) is 5.39. The highest BCUT2D eigenvalue weighted by Crippen LogP contribution is 2.11. The molecule has 1 aromatic heterocycles. The fourth-order valence-electron chi connectivity index (χ4n) is 1.05. The number of allylic oxidation sites excluding steroid dienone is 1. The molecule has 1 aromatic rings. The first-order valence-corrected chi connectivity index (χ1v) is 3.14. The molecule has 0 amide bonds. The first-order valence-electron chi connectivity index (χ1n) is 3.14. The monoisotopic (exact) mass is 133 g/mol. The molecule has 3 nitrogen and oxygen atoms in total. The Morgan fingerprint density at radius 1 is 1.50 bits per heavy atom. The van der Waals surface area contributed by atoms with E-state index in [1.54, 1.807) is 12.4 Å². The lowest BCUT2D eigenvalue weighted by Gasteiger charge is -2.02. The molecule has 50 valence electrons. The first-order chi connectivity index (χ1) is 4.86. The maximum absolute atomic E-state index is 7.32. The Kier molecular flexibility index (Phi) is 0.974. The van der Waals surface area contributed by atoms with Crippen LogP contribution < -0.4 is 0 Å². The average molecular weight is 133 g/mol. The summed E-state index contributed by atoms with van der Waals surface area (Å²) in [6.45, 7) is 0. The molecule has 2 N–H and O–H groups in total. The Morgan fingerprint density at radius 3 is 3.30 bits per heavy atom. The van der Waals surface area contributed by atoms with Gasteiger partial charge in [0.2, 0.25) is 0 Å². The number of hydrogen-bond donors (Lipinski definition) is 2. The summed E-state index contributed by atoms with van der Waals surface area (Å²) >= 11 is 0. The molecule has 0 saturated heterocycles. The van der Waals surface area contributed by atoms with E-state index in [1.807, 2.05) is 6.08 Å². The van der Waals surface area contributed by atoms with Crippen molar-refractivity contribution in [2.24, 2.45) is 0 Å². The van der Waals surface area contributed by atoms with Gasteiger partial charge in [-0.15, -0.1) is 0 Å². The predicted octanol–water partition coefficient (Wildman–Crippen LogP) is 0.999. The van der Waals surface area contributed by atoms with Crippen molar-refractivity contribution in [2.45, 2.75) is 6.42 Å². The molecule has 1 aliphatic carbocycles. The third-order valence-corrected chi connectivity index (χ3v) is 1.56. The SMILES string of the molecule is N=C1C=Cc2nc[nH]c2C1. The number of imidazole rings is 1. The number of rotatable bonds is 0. The average Bonchev–Trinajstić information content (AvgIpc) is 2.33. The zero-order valence-electron chi connectivity index (χ0n) is 5.39. The third-order valence-electron chi connectivity index (χ3n) is 1.56. The van der Waals surface area contributed by atoms with E-state index >= 15 is 0 Å². The number of hydrogen-bond acceptors (Lipinski definition) is 2. The summed E-state index contributed by atoms with van der Waals surface area (Å²) in [6.07, 6.45) is 5.99. The van der Waals surface area contributed by atoms with E-state index in [-0.39, 0.29) is 0 Å². The van der Waals surface area contributed by atoms with Gasteiger partial charge >= 0.3 is 0 Å². The van der Waals surface area contributed by atoms with Crippen molar-refractivity contribution in [3.05, 3.63) is 23.8 Å². The highest BCUT2D eigenvalue weighted by Gasteiger charge is 2.08. The van der Waals surface area contributed by atoms with Crippen molar-refractivity contribution in [3.63, 3.8) is 0 Å². The number of aromatic amines is 1. The number of nitrogens with one attached hydrogen (secondary N) is 2. The minimum absolute atomic E-state index is 0.636. The van der Waals surface area contributed by atoms with E-state index in [2.05, 4.69) is 9.97 Å². The summed E-state index contributed by atoms with van der Waals surface area (Å²) in [5, 5.41) is 7.32. The largest absolute Gasteiger partial charge is 0.348 e. The lowest BCUT2D eigenvalue weighted by atomic mass is 10.1. The summed E-state index contributed by atoms with van der Waals surface area (Å²) in [7, 11) is 0. The van der Waals surface area contributed by atoms with Gasteiger partial charge in [-0.2, -0.15) is 0 Å². The maximum atomic E-state index is 7.32. The first kappa shape index (κ1) is 5.41. The third kappa shape index (κ3) is 0.673. The van der Waals surface area contributed by atoms with E-state index in [4.69, 9.17) is 5.41 Å². The second-order valence-electron chi connectivity index (χ2n) is 2.30. The molecular formula is C7H7N3. The summed E-state index contributed by atoms with van der Waals surface area (Å²) < 4.78 is 0. The minimum atomic E-state index is 0.636. The molecule has 2 rings (SSSR count). The standard InChI is InChI=1S/C7H7N3/c8-5-1-2-6-7(3-5)10-4-9-6/h1-2,4,8H,3H2,(H,9,10). The fourth-order valence-corrected chi connectivity index (χ4v) is 1.05. The van der Waals surface area contributed by atoms with Gasteiger partial charge in [0.1, 0.15) is 0 Å². The lowest BCUT2D eigenvalue weighted by molar-refractivity contribution is 1.16. The molecule has 1 aliphatic rings. The molecule has 0 bridgehead atoms. The molecule has 0 aromatic carbocycles. The Hall–Kier alpha value is -1.38. The van der Waals surface area contributed by atoms with Crippen LogP contribution in [0.1, 0.15) is 11.4 Å². The van der Waals surface area contributed by atoms with Crippen LogP contribution in [-0.2, 0) is 6.42 Å². The molecule has 0 radical (unpaired) electrons. The van der Waals surface area contributed by atoms with Crippen molar-refractivity contribution in [2.75, 3.05) is 0 Å². The van der Waals surface area contributed by atoms with Crippen LogP contribution in [0.5, 0.6) is 0 Å². The van der Waals surface area contributed by atoms with Crippen LogP contribution in [0, 0.1) is 5.41 Å². The highest BCUT2D eigenvalue weighted by molar-refractivity contribution is 5.99. The highest BCUT2D eigenvalue weighted by atomic mass is 14.9. The molecule has 3 heteroatoms. The molecule has 0 unspecified atom stereocenters. The van der Waals surface area contributed by atoms with Crippen molar-refractivity contribution in [1.82, 2.24) is 9.97 Å². The van der Waals surface area contributed by atoms with E-state index in [9.17, 15) is 0 Å². The summed E-state index contributed by atoms with van der Waals surface area (Å²) in [6, 6.07) is 0. The number of H-pyrrole nitrogens is 1. The number of aromatic nitrogens is 2. The van der Waals surface area contributed by atoms with Crippen LogP contribution >= 0.6 is 0 Å². The lowest BCUT2D eigenvalue weighted by Crippen LogP contribution is -2.03. The number of nitrogens with zero attached hydrogens (tertiary/aromatic N) is 1. The quantitative estimate of drug-likeness (QED) is 0.545. The second-order valence-corrected chi connectivity index (χ2v) is 2.30. The Labute approximate surface area is 58.3 Å².